The van der Waals surface area contributed by atoms with Gasteiger partial charge in [-0.2, -0.15) is 0 Å². The van der Waals surface area contributed by atoms with Gasteiger partial charge in [0.15, 0.2) is 4.47 Å². The second-order valence-corrected chi connectivity index (χ2v) is 7.14. The minimum absolute atomic E-state index is 0.662. The molecule has 0 unspecified atom stereocenters. The van der Waals surface area contributed by atoms with Gasteiger partial charge in [-0.25, -0.2) is 19.7 Å². The topological polar surface area (TPSA) is 22.6 Å². The minimum Gasteiger partial charge on any atom is -0.281 e. The number of hydrogen-bond donors (Lipinski definition) is 0. The van der Waals surface area contributed by atoms with Crippen molar-refractivity contribution >= 4 is 22.9 Å². The molecule has 5 rings (SSSR count). The van der Waals surface area contributed by atoms with Gasteiger partial charge in [0.1, 0.15) is 26.6 Å². The zero-order chi connectivity index (χ0) is 11.5. The first-order valence-corrected chi connectivity index (χ1v) is 7.03. The van der Waals surface area contributed by atoms with Crippen LogP contribution in [-0.2, 0) is 6.54 Å². The van der Waals surface area contributed by atoms with Crippen molar-refractivity contribution in [2.45, 2.75) is 6.54 Å². The quantitative estimate of drug-likeness (QED) is 0.743. The van der Waals surface area contributed by atoms with Gasteiger partial charge in [0, 0.05) is 6.20 Å². The van der Waals surface area contributed by atoms with Crippen molar-refractivity contribution in [3.8, 4) is 0 Å². The highest BCUT2D eigenvalue weighted by Gasteiger charge is 2.48. The van der Waals surface area contributed by atoms with Crippen molar-refractivity contribution in [3.05, 3.63) is 15.5 Å². The van der Waals surface area contributed by atoms with Crippen LogP contribution < -0.4 is 0 Å². The molecule has 5 nitrogen and oxygen atoms in total. The molecule has 4 fully saturated rings. The van der Waals surface area contributed by atoms with Crippen LogP contribution in [0, 0.1) is 0 Å². The number of thiazole rings is 1. The molecule has 4 aliphatic rings. The Hall–Kier alpha value is -0.240. The van der Waals surface area contributed by atoms with E-state index < -0.39 is 0 Å². The molecule has 0 amide bonds. The second kappa shape index (κ2) is 3.63. The summed E-state index contributed by atoms with van der Waals surface area (Å²) in [5.74, 6) is 0. The lowest BCUT2D eigenvalue weighted by Crippen LogP contribution is -2.78. The van der Waals surface area contributed by atoms with Gasteiger partial charge < -0.3 is 0 Å². The van der Waals surface area contributed by atoms with Gasteiger partial charge in [-0.15, -0.1) is 11.3 Å². The normalized spacial score (nSPS) is 43.2. The maximum absolute atomic E-state index is 5.92. The van der Waals surface area contributed by atoms with E-state index in [0.29, 0.717) is 4.47 Å². The summed E-state index contributed by atoms with van der Waals surface area (Å²) in [5.41, 5.74) is 0. The summed E-state index contributed by atoms with van der Waals surface area (Å²) in [6.45, 7) is 7.99. The van der Waals surface area contributed by atoms with Crippen molar-refractivity contribution < 1.29 is 4.48 Å². The van der Waals surface area contributed by atoms with Crippen molar-refractivity contribution in [2.75, 3.05) is 40.0 Å². The Kier molecular flexibility index (Phi) is 2.28. The van der Waals surface area contributed by atoms with Gasteiger partial charge in [0.2, 0.25) is 0 Å². The fourth-order valence-corrected chi connectivity index (χ4v) is 4.61. The maximum atomic E-state index is 5.92. The molecule has 0 saturated carbocycles. The first-order chi connectivity index (χ1) is 8.21. The molecular formula is C10H15ClN5S+. The van der Waals surface area contributed by atoms with Crippen LogP contribution in [-0.4, -0.2) is 64.2 Å². The average molecular weight is 273 g/mol. The molecule has 0 atom stereocenters. The smallest absolute Gasteiger partial charge is 0.183 e. The third kappa shape index (κ3) is 1.80. The largest absolute Gasteiger partial charge is 0.281 e. The maximum Gasteiger partial charge on any atom is 0.183 e. The third-order valence-electron chi connectivity index (χ3n) is 3.72. The van der Waals surface area contributed by atoms with Gasteiger partial charge in [-0.3, -0.25) is 4.48 Å². The van der Waals surface area contributed by atoms with Crippen molar-refractivity contribution in [1.29, 1.82) is 0 Å². The Labute approximate surface area is 109 Å². The molecule has 0 aliphatic carbocycles. The Balaban J connectivity index is 1.60. The fraction of sp³-hybridized carbons (Fsp3) is 0.700. The molecule has 1 aromatic rings. The lowest BCUT2D eigenvalue weighted by atomic mass is 10.3. The highest BCUT2D eigenvalue weighted by atomic mass is 35.5. The monoisotopic (exact) mass is 272 g/mol. The van der Waals surface area contributed by atoms with Crippen LogP contribution in [0.2, 0.25) is 4.47 Å². The molecule has 4 bridgehead atoms. The lowest BCUT2D eigenvalue weighted by Gasteiger charge is -2.60. The molecule has 5 heterocycles. The number of aromatic nitrogens is 1. The molecule has 4 saturated heterocycles. The van der Waals surface area contributed by atoms with E-state index in [-0.39, 0.29) is 0 Å². The average Bonchev–Trinajstić information content (AvgIpc) is 2.60. The van der Waals surface area contributed by atoms with E-state index in [1.54, 1.807) is 11.3 Å². The van der Waals surface area contributed by atoms with Crippen LogP contribution in [0.1, 0.15) is 4.88 Å². The Morgan fingerprint density at radius 3 is 2.24 bits per heavy atom. The van der Waals surface area contributed by atoms with E-state index in [9.17, 15) is 0 Å². The number of hydrogen-bond acceptors (Lipinski definition) is 5. The van der Waals surface area contributed by atoms with Crippen LogP contribution in [0.5, 0.6) is 0 Å². The predicted octanol–water partition coefficient (Wildman–Crippen LogP) is 0.805. The van der Waals surface area contributed by atoms with Crippen LogP contribution in [0.15, 0.2) is 6.20 Å². The van der Waals surface area contributed by atoms with Crippen molar-refractivity contribution in [2.24, 2.45) is 0 Å². The number of quaternary nitrogens is 1. The zero-order valence-electron chi connectivity index (χ0n) is 9.55. The standard InChI is InChI=1S/C10H15ClN5S/c11-10-12-1-9(17-10)2-16-6-13-3-14(7-16)5-15(4-13)8-16/h1H,2-8H2/q+1. The van der Waals surface area contributed by atoms with Crippen LogP contribution in [0.3, 0.4) is 0 Å². The Morgan fingerprint density at radius 2 is 1.76 bits per heavy atom. The molecule has 0 spiro atoms. The van der Waals surface area contributed by atoms with Gasteiger partial charge in [-0.05, 0) is 0 Å². The van der Waals surface area contributed by atoms with Crippen molar-refractivity contribution in [1.82, 2.24) is 19.7 Å². The zero-order valence-corrected chi connectivity index (χ0v) is 11.1. The van der Waals surface area contributed by atoms with Gasteiger partial charge >= 0.3 is 0 Å². The van der Waals surface area contributed by atoms with Gasteiger partial charge in [0.25, 0.3) is 0 Å². The molecule has 1 aromatic heterocycles. The number of halogens is 1. The van der Waals surface area contributed by atoms with E-state index in [2.05, 4.69) is 19.7 Å². The molecule has 4 aliphatic heterocycles. The number of nitrogens with zero attached hydrogens (tertiary/aromatic N) is 5. The van der Waals surface area contributed by atoms with Gasteiger partial charge in [0.05, 0.1) is 24.9 Å². The molecule has 0 radical (unpaired) electrons. The Morgan fingerprint density at radius 1 is 1.18 bits per heavy atom. The summed E-state index contributed by atoms with van der Waals surface area (Å²) in [4.78, 5) is 13.0. The number of rotatable bonds is 2. The van der Waals surface area contributed by atoms with Crippen LogP contribution in [0.25, 0.3) is 0 Å². The van der Waals surface area contributed by atoms with Crippen molar-refractivity contribution in [3.63, 3.8) is 0 Å². The van der Waals surface area contributed by atoms with Crippen LogP contribution >= 0.6 is 22.9 Å². The lowest BCUT2D eigenvalue weighted by molar-refractivity contribution is -0.991. The van der Waals surface area contributed by atoms with Gasteiger partial charge in [-0.1, -0.05) is 11.6 Å². The molecule has 92 valence electrons. The highest BCUT2D eigenvalue weighted by molar-refractivity contribution is 7.15. The predicted molar refractivity (Wildman–Crippen MR) is 65.8 cm³/mol. The summed E-state index contributed by atoms with van der Waals surface area (Å²) in [6.07, 6.45) is 1.93. The highest BCUT2D eigenvalue weighted by Crippen LogP contribution is 2.32. The first-order valence-electron chi connectivity index (χ1n) is 5.83. The Bertz CT molecular complexity index is 412. The summed E-state index contributed by atoms with van der Waals surface area (Å²) < 4.78 is 1.79. The summed E-state index contributed by atoms with van der Waals surface area (Å²) in [6, 6.07) is 0. The summed E-state index contributed by atoms with van der Waals surface area (Å²) >= 11 is 7.54. The summed E-state index contributed by atoms with van der Waals surface area (Å²) in [7, 11) is 0. The minimum atomic E-state index is 0.662. The van der Waals surface area contributed by atoms with E-state index in [4.69, 9.17) is 11.6 Å². The fourth-order valence-electron chi connectivity index (χ4n) is 3.50. The van der Waals surface area contributed by atoms with E-state index in [0.717, 1.165) is 31.0 Å². The van der Waals surface area contributed by atoms with E-state index >= 15 is 0 Å². The second-order valence-electron chi connectivity index (χ2n) is 5.44. The van der Waals surface area contributed by atoms with E-state index in [1.807, 2.05) is 6.20 Å². The van der Waals surface area contributed by atoms with Crippen LogP contribution in [0.4, 0.5) is 0 Å². The molecular weight excluding hydrogens is 258 g/mol. The molecule has 0 aromatic carbocycles. The van der Waals surface area contributed by atoms with E-state index in [1.165, 1.54) is 24.9 Å². The molecule has 7 heteroatoms. The third-order valence-corrected chi connectivity index (χ3v) is 4.82. The SMILES string of the molecule is Clc1ncc(C[N+]23CN4CN(CN(C4)C2)C3)s1. The molecule has 0 N–H and O–H groups in total. The first kappa shape index (κ1) is 10.7. The summed E-state index contributed by atoms with van der Waals surface area (Å²) in [5, 5.41) is 0. The molecule has 17 heavy (non-hydrogen) atoms.